The van der Waals surface area contributed by atoms with E-state index in [0.29, 0.717) is 16.9 Å². The van der Waals surface area contributed by atoms with Crippen LogP contribution in [0.3, 0.4) is 0 Å². The normalized spacial score (nSPS) is 9.29. The SMILES string of the molecule is CCc1ccc(NC(=O)c2ccccc2NC=C(C#N)C#N)cc1. The summed E-state index contributed by atoms with van der Waals surface area (Å²) in [5.41, 5.74) is 2.77. The second kappa shape index (κ2) is 8.17. The number of hydrogen-bond donors (Lipinski definition) is 2. The van der Waals surface area contributed by atoms with Gasteiger partial charge in [-0.25, -0.2) is 0 Å². The zero-order chi connectivity index (χ0) is 17.4. The smallest absolute Gasteiger partial charge is 0.257 e. The molecule has 0 atom stereocenters. The van der Waals surface area contributed by atoms with Crippen molar-refractivity contribution in [2.75, 3.05) is 10.6 Å². The molecule has 118 valence electrons. The van der Waals surface area contributed by atoms with Gasteiger partial charge in [0.05, 0.1) is 11.3 Å². The first kappa shape index (κ1) is 16.8. The van der Waals surface area contributed by atoms with Crippen molar-refractivity contribution in [3.05, 3.63) is 71.4 Å². The minimum absolute atomic E-state index is 0.0691. The Labute approximate surface area is 140 Å². The summed E-state index contributed by atoms with van der Waals surface area (Å²) in [5, 5.41) is 23.2. The van der Waals surface area contributed by atoms with Gasteiger partial charge in [-0.1, -0.05) is 31.2 Å². The number of anilines is 2. The summed E-state index contributed by atoms with van der Waals surface area (Å²) in [5.74, 6) is -0.272. The zero-order valence-corrected chi connectivity index (χ0v) is 13.2. The van der Waals surface area contributed by atoms with Gasteiger partial charge < -0.3 is 10.6 Å². The maximum atomic E-state index is 12.5. The van der Waals surface area contributed by atoms with Crippen LogP contribution in [0, 0.1) is 22.7 Å². The number of hydrogen-bond acceptors (Lipinski definition) is 4. The summed E-state index contributed by atoms with van der Waals surface area (Å²) < 4.78 is 0. The van der Waals surface area contributed by atoms with Crippen molar-refractivity contribution in [1.82, 2.24) is 0 Å². The Bertz CT molecular complexity index is 823. The van der Waals surface area contributed by atoms with Crippen LogP contribution in [0.5, 0.6) is 0 Å². The number of allylic oxidation sites excluding steroid dienone is 1. The van der Waals surface area contributed by atoms with E-state index in [4.69, 9.17) is 10.5 Å². The predicted molar refractivity (Wildman–Crippen MR) is 93.1 cm³/mol. The van der Waals surface area contributed by atoms with Gasteiger partial charge in [0, 0.05) is 11.9 Å². The van der Waals surface area contributed by atoms with Crippen molar-refractivity contribution >= 4 is 17.3 Å². The molecule has 5 nitrogen and oxygen atoms in total. The molecule has 5 heteroatoms. The van der Waals surface area contributed by atoms with Crippen molar-refractivity contribution < 1.29 is 4.79 Å². The van der Waals surface area contributed by atoms with Gasteiger partial charge in [-0.15, -0.1) is 0 Å². The van der Waals surface area contributed by atoms with Crippen LogP contribution in [0.4, 0.5) is 11.4 Å². The Morgan fingerprint density at radius 1 is 1.08 bits per heavy atom. The van der Waals surface area contributed by atoms with Crippen LogP contribution < -0.4 is 10.6 Å². The first-order valence-corrected chi connectivity index (χ1v) is 7.44. The van der Waals surface area contributed by atoms with E-state index in [9.17, 15) is 4.79 Å². The van der Waals surface area contributed by atoms with E-state index < -0.39 is 0 Å². The number of benzene rings is 2. The highest BCUT2D eigenvalue weighted by Crippen LogP contribution is 2.18. The van der Waals surface area contributed by atoms with Crippen molar-refractivity contribution in [2.45, 2.75) is 13.3 Å². The monoisotopic (exact) mass is 316 g/mol. The molecule has 0 unspecified atom stereocenters. The molecule has 2 rings (SSSR count). The van der Waals surface area contributed by atoms with Gasteiger partial charge >= 0.3 is 0 Å². The molecule has 0 aliphatic carbocycles. The number of nitrogens with one attached hydrogen (secondary N) is 2. The molecule has 2 N–H and O–H groups in total. The lowest BCUT2D eigenvalue weighted by Crippen LogP contribution is -2.13. The molecule has 0 aliphatic rings. The highest BCUT2D eigenvalue weighted by Gasteiger charge is 2.10. The van der Waals surface area contributed by atoms with Gasteiger partial charge in [0.25, 0.3) is 5.91 Å². The first-order valence-electron chi connectivity index (χ1n) is 7.44. The topological polar surface area (TPSA) is 88.7 Å². The maximum absolute atomic E-state index is 12.5. The van der Waals surface area contributed by atoms with Crippen molar-refractivity contribution in [1.29, 1.82) is 10.5 Å². The van der Waals surface area contributed by atoms with Crippen LogP contribution in [0.25, 0.3) is 0 Å². The average molecular weight is 316 g/mol. The quantitative estimate of drug-likeness (QED) is 0.820. The van der Waals surface area contributed by atoms with Crippen LogP contribution in [0.15, 0.2) is 60.3 Å². The third-order valence-electron chi connectivity index (χ3n) is 3.40. The Morgan fingerprint density at radius 3 is 2.38 bits per heavy atom. The van der Waals surface area contributed by atoms with Crippen molar-refractivity contribution in [3.63, 3.8) is 0 Å². The Morgan fingerprint density at radius 2 is 1.75 bits per heavy atom. The van der Waals surface area contributed by atoms with E-state index in [-0.39, 0.29) is 11.5 Å². The van der Waals surface area contributed by atoms with E-state index in [0.717, 1.165) is 6.42 Å². The minimum atomic E-state index is -0.272. The fraction of sp³-hybridized carbons (Fsp3) is 0.105. The molecule has 0 heterocycles. The first-order chi connectivity index (χ1) is 11.7. The molecule has 24 heavy (non-hydrogen) atoms. The van der Waals surface area contributed by atoms with Crippen molar-refractivity contribution in [2.24, 2.45) is 0 Å². The summed E-state index contributed by atoms with van der Waals surface area (Å²) in [6.07, 6.45) is 2.22. The van der Waals surface area contributed by atoms with Crippen LogP contribution >= 0.6 is 0 Å². The number of nitriles is 2. The van der Waals surface area contributed by atoms with Crippen LogP contribution in [0.1, 0.15) is 22.8 Å². The fourth-order valence-corrected chi connectivity index (χ4v) is 2.07. The Balaban J connectivity index is 2.19. The van der Waals surface area contributed by atoms with Crippen LogP contribution in [-0.2, 0) is 6.42 Å². The molecule has 0 saturated carbocycles. The largest absolute Gasteiger partial charge is 0.359 e. The van der Waals surface area contributed by atoms with Crippen molar-refractivity contribution in [3.8, 4) is 12.1 Å². The van der Waals surface area contributed by atoms with E-state index in [1.165, 1.54) is 11.8 Å². The summed E-state index contributed by atoms with van der Waals surface area (Å²) >= 11 is 0. The van der Waals surface area contributed by atoms with Gasteiger partial charge in [-0.2, -0.15) is 10.5 Å². The van der Waals surface area contributed by atoms with E-state index in [1.54, 1.807) is 36.4 Å². The third kappa shape index (κ3) is 4.22. The molecule has 0 saturated heterocycles. The standard InChI is InChI=1S/C19H16N4O/c1-2-14-7-9-16(10-8-14)23-19(24)17-5-3-4-6-18(17)22-13-15(11-20)12-21/h3-10,13,22H,2H2,1H3,(H,23,24). The molecule has 2 aromatic carbocycles. The Kier molecular flexibility index (Phi) is 5.71. The van der Waals surface area contributed by atoms with Gasteiger partial charge in [0.1, 0.15) is 17.7 Å². The molecule has 2 aromatic rings. The second-order valence-electron chi connectivity index (χ2n) is 4.98. The number of aryl methyl sites for hydroxylation is 1. The number of rotatable bonds is 5. The number of carbonyl (C=O) groups is 1. The molecule has 0 radical (unpaired) electrons. The molecule has 1 amide bonds. The highest BCUT2D eigenvalue weighted by atomic mass is 16.1. The number of carbonyl (C=O) groups excluding carboxylic acids is 1. The van der Waals surface area contributed by atoms with E-state index in [2.05, 4.69) is 17.6 Å². The summed E-state index contributed by atoms with van der Waals surface area (Å²) in [6, 6.07) is 18.1. The van der Waals surface area contributed by atoms with Crippen LogP contribution in [0.2, 0.25) is 0 Å². The van der Waals surface area contributed by atoms with Gasteiger partial charge in [-0.05, 0) is 36.2 Å². The number of nitrogens with zero attached hydrogens (tertiary/aromatic N) is 2. The second-order valence-corrected chi connectivity index (χ2v) is 4.98. The summed E-state index contributed by atoms with van der Waals surface area (Å²) in [4.78, 5) is 12.5. The molecule has 0 bridgehead atoms. The Hall–Kier alpha value is -3.57. The molecular formula is C19H16N4O. The zero-order valence-electron chi connectivity index (χ0n) is 13.2. The molecule has 0 spiro atoms. The van der Waals surface area contributed by atoms with Gasteiger partial charge in [0.15, 0.2) is 0 Å². The highest BCUT2D eigenvalue weighted by molar-refractivity contribution is 6.08. The van der Waals surface area contributed by atoms with Crippen LogP contribution in [-0.4, -0.2) is 5.91 Å². The molecule has 0 fully saturated rings. The minimum Gasteiger partial charge on any atom is -0.359 e. The lowest BCUT2D eigenvalue weighted by atomic mass is 10.1. The molecule has 0 aromatic heterocycles. The number of amides is 1. The number of para-hydroxylation sites is 1. The lowest BCUT2D eigenvalue weighted by molar-refractivity contribution is 0.102. The van der Waals surface area contributed by atoms with Gasteiger partial charge in [0.2, 0.25) is 0 Å². The average Bonchev–Trinajstić information content (AvgIpc) is 2.63. The maximum Gasteiger partial charge on any atom is 0.257 e. The third-order valence-corrected chi connectivity index (χ3v) is 3.40. The molecular weight excluding hydrogens is 300 g/mol. The fourth-order valence-electron chi connectivity index (χ4n) is 2.07. The molecule has 0 aliphatic heterocycles. The lowest BCUT2D eigenvalue weighted by Gasteiger charge is -2.10. The summed E-state index contributed by atoms with van der Waals surface area (Å²) in [7, 11) is 0. The van der Waals surface area contributed by atoms with Gasteiger partial charge in [-0.3, -0.25) is 4.79 Å². The van der Waals surface area contributed by atoms with E-state index >= 15 is 0 Å². The van der Waals surface area contributed by atoms with E-state index in [1.807, 2.05) is 24.3 Å². The predicted octanol–water partition coefficient (Wildman–Crippen LogP) is 3.84. The summed E-state index contributed by atoms with van der Waals surface area (Å²) in [6.45, 7) is 2.07.